The molecule has 2 aromatic carbocycles. The molecule has 1 atom stereocenters. The number of hydrogen-bond acceptors (Lipinski definition) is 5. The van der Waals surface area contributed by atoms with Crippen LogP contribution in [0, 0.1) is 0 Å². The van der Waals surface area contributed by atoms with Gasteiger partial charge in [0.25, 0.3) is 0 Å². The number of carbonyl (C=O) groups is 1. The summed E-state index contributed by atoms with van der Waals surface area (Å²) < 4.78 is 16.2. The van der Waals surface area contributed by atoms with Crippen molar-refractivity contribution in [2.24, 2.45) is 0 Å². The van der Waals surface area contributed by atoms with Gasteiger partial charge in [0.1, 0.15) is 0 Å². The van der Waals surface area contributed by atoms with Crippen LogP contribution in [0.3, 0.4) is 0 Å². The number of benzene rings is 2. The molecule has 6 heteroatoms. The lowest BCUT2D eigenvalue weighted by atomic mass is 9.99. The first-order chi connectivity index (χ1) is 15.1. The van der Waals surface area contributed by atoms with Crippen LogP contribution in [0.2, 0.25) is 0 Å². The quantitative estimate of drug-likeness (QED) is 0.551. The first-order valence-electron chi connectivity index (χ1n) is 10.6. The lowest BCUT2D eigenvalue weighted by molar-refractivity contribution is -0.124. The van der Waals surface area contributed by atoms with E-state index < -0.39 is 5.41 Å². The Morgan fingerprint density at radius 2 is 1.84 bits per heavy atom. The molecule has 31 heavy (non-hydrogen) atoms. The van der Waals surface area contributed by atoms with Crippen LogP contribution < -0.4 is 14.8 Å². The zero-order valence-corrected chi connectivity index (χ0v) is 18.2. The van der Waals surface area contributed by atoms with E-state index in [0.29, 0.717) is 23.0 Å². The average Bonchev–Trinajstić information content (AvgIpc) is 3.47. The van der Waals surface area contributed by atoms with E-state index in [1.807, 2.05) is 42.5 Å². The summed E-state index contributed by atoms with van der Waals surface area (Å²) in [6.45, 7) is 2.05. The van der Waals surface area contributed by atoms with Crippen molar-refractivity contribution >= 4 is 5.91 Å². The van der Waals surface area contributed by atoms with E-state index in [9.17, 15) is 4.79 Å². The van der Waals surface area contributed by atoms with Crippen LogP contribution in [0.25, 0.3) is 11.3 Å². The summed E-state index contributed by atoms with van der Waals surface area (Å²) >= 11 is 0. The van der Waals surface area contributed by atoms with Crippen molar-refractivity contribution in [1.29, 1.82) is 0 Å². The Hall–Kier alpha value is -3.28. The highest BCUT2D eigenvalue weighted by molar-refractivity contribution is 5.91. The van der Waals surface area contributed by atoms with Crippen LogP contribution in [-0.2, 0) is 16.6 Å². The van der Waals surface area contributed by atoms with Gasteiger partial charge >= 0.3 is 0 Å². The number of aromatic nitrogens is 1. The van der Waals surface area contributed by atoms with Crippen molar-refractivity contribution in [3.8, 4) is 22.8 Å². The Morgan fingerprint density at radius 3 is 2.52 bits per heavy atom. The molecule has 4 rings (SSSR count). The normalized spacial score (nSPS) is 15.2. The third-order valence-corrected chi connectivity index (χ3v) is 5.94. The van der Waals surface area contributed by atoms with Gasteiger partial charge in [0.2, 0.25) is 5.91 Å². The summed E-state index contributed by atoms with van der Waals surface area (Å²) in [7, 11) is 3.19. The SMILES string of the molecule is COc1ccc(-c2cc(C3(C(=O)NC(C)CCc4ccccc4)CC3)no2)cc1OC. The molecule has 0 saturated heterocycles. The van der Waals surface area contributed by atoms with Gasteiger partial charge in [0, 0.05) is 17.7 Å². The molecule has 1 aliphatic carbocycles. The molecule has 1 saturated carbocycles. The van der Waals surface area contributed by atoms with E-state index in [4.69, 9.17) is 14.0 Å². The van der Waals surface area contributed by atoms with E-state index in [1.165, 1.54) is 5.56 Å². The Bertz CT molecular complexity index is 1040. The van der Waals surface area contributed by atoms with Gasteiger partial charge in [0.15, 0.2) is 17.3 Å². The number of rotatable bonds is 9. The molecule has 1 aromatic heterocycles. The second kappa shape index (κ2) is 8.84. The predicted molar refractivity (Wildman–Crippen MR) is 118 cm³/mol. The minimum atomic E-state index is -0.584. The molecule has 0 spiro atoms. The van der Waals surface area contributed by atoms with Gasteiger partial charge in [-0.1, -0.05) is 35.5 Å². The van der Waals surface area contributed by atoms with E-state index in [2.05, 4.69) is 29.5 Å². The summed E-state index contributed by atoms with van der Waals surface area (Å²) in [5, 5.41) is 7.42. The average molecular weight is 421 g/mol. The zero-order valence-electron chi connectivity index (χ0n) is 18.2. The van der Waals surface area contributed by atoms with Gasteiger partial charge in [-0.05, 0) is 56.4 Å². The van der Waals surface area contributed by atoms with Crippen LogP contribution in [0.5, 0.6) is 11.5 Å². The zero-order chi connectivity index (χ0) is 21.8. The third-order valence-electron chi connectivity index (χ3n) is 5.94. The molecular formula is C25H28N2O4. The fourth-order valence-electron chi connectivity index (χ4n) is 3.81. The smallest absolute Gasteiger partial charge is 0.232 e. The summed E-state index contributed by atoms with van der Waals surface area (Å²) in [6, 6.07) is 17.8. The Kier molecular flexibility index (Phi) is 5.98. The van der Waals surface area contributed by atoms with Gasteiger partial charge in [-0.25, -0.2) is 0 Å². The van der Waals surface area contributed by atoms with Crippen molar-refractivity contribution in [2.45, 2.75) is 44.1 Å². The molecule has 1 N–H and O–H groups in total. The summed E-state index contributed by atoms with van der Waals surface area (Å²) in [5.41, 5.74) is 2.20. The summed E-state index contributed by atoms with van der Waals surface area (Å²) in [5.74, 6) is 1.89. The Labute approximate surface area is 182 Å². The second-order valence-electron chi connectivity index (χ2n) is 8.13. The third kappa shape index (κ3) is 4.43. The molecule has 1 unspecified atom stereocenters. The molecular weight excluding hydrogens is 392 g/mol. The Morgan fingerprint density at radius 1 is 1.10 bits per heavy atom. The van der Waals surface area contributed by atoms with Crippen LogP contribution >= 0.6 is 0 Å². The number of nitrogens with zero attached hydrogens (tertiary/aromatic N) is 1. The molecule has 1 heterocycles. The van der Waals surface area contributed by atoms with E-state index >= 15 is 0 Å². The van der Waals surface area contributed by atoms with Crippen LogP contribution in [0.15, 0.2) is 59.1 Å². The van der Waals surface area contributed by atoms with Crippen LogP contribution in [0.4, 0.5) is 0 Å². The Balaban J connectivity index is 1.42. The number of nitrogens with one attached hydrogen (secondary N) is 1. The molecule has 0 radical (unpaired) electrons. The maximum absolute atomic E-state index is 13.0. The van der Waals surface area contributed by atoms with Gasteiger partial charge in [-0.2, -0.15) is 0 Å². The van der Waals surface area contributed by atoms with Crippen LogP contribution in [0.1, 0.15) is 37.4 Å². The minimum Gasteiger partial charge on any atom is -0.493 e. The first-order valence-corrected chi connectivity index (χ1v) is 10.6. The summed E-state index contributed by atoms with van der Waals surface area (Å²) in [6.07, 6.45) is 3.38. The first kappa shape index (κ1) is 21.0. The number of hydrogen-bond donors (Lipinski definition) is 1. The van der Waals surface area contributed by atoms with E-state index in [-0.39, 0.29) is 11.9 Å². The lowest BCUT2D eigenvalue weighted by Crippen LogP contribution is -2.40. The molecule has 0 bridgehead atoms. The van der Waals surface area contributed by atoms with Crippen molar-refractivity contribution in [3.05, 3.63) is 65.9 Å². The molecule has 0 aliphatic heterocycles. The molecule has 6 nitrogen and oxygen atoms in total. The number of carbonyl (C=O) groups excluding carboxylic acids is 1. The number of aryl methyl sites for hydroxylation is 1. The number of methoxy groups -OCH3 is 2. The van der Waals surface area contributed by atoms with Crippen LogP contribution in [-0.4, -0.2) is 31.3 Å². The molecule has 162 valence electrons. The lowest BCUT2D eigenvalue weighted by Gasteiger charge is -2.18. The molecule has 1 fully saturated rings. The largest absolute Gasteiger partial charge is 0.493 e. The number of ether oxygens (including phenoxy) is 2. The maximum atomic E-state index is 13.0. The van der Waals surface area contributed by atoms with Gasteiger partial charge in [-0.3, -0.25) is 4.79 Å². The maximum Gasteiger partial charge on any atom is 0.232 e. The standard InChI is InChI=1S/C25H28N2O4/c1-17(9-10-18-7-5-4-6-8-18)26-24(28)25(13-14-25)23-16-21(31-27-23)19-11-12-20(29-2)22(15-19)30-3/h4-8,11-12,15-17H,9-10,13-14H2,1-3H3,(H,26,28). The van der Waals surface area contributed by atoms with Gasteiger partial charge in [-0.15, -0.1) is 0 Å². The topological polar surface area (TPSA) is 73.6 Å². The van der Waals surface area contributed by atoms with Crippen molar-refractivity contribution < 1.29 is 18.8 Å². The minimum absolute atomic E-state index is 0.0280. The van der Waals surface area contributed by atoms with Crippen molar-refractivity contribution in [1.82, 2.24) is 10.5 Å². The highest BCUT2D eigenvalue weighted by Crippen LogP contribution is 2.49. The second-order valence-corrected chi connectivity index (χ2v) is 8.13. The molecule has 1 aliphatic rings. The van der Waals surface area contributed by atoms with Crippen molar-refractivity contribution in [2.75, 3.05) is 14.2 Å². The molecule has 3 aromatic rings. The summed E-state index contributed by atoms with van der Waals surface area (Å²) in [4.78, 5) is 13.0. The highest BCUT2D eigenvalue weighted by Gasteiger charge is 2.54. The van der Waals surface area contributed by atoms with E-state index in [0.717, 1.165) is 31.2 Å². The monoisotopic (exact) mass is 420 g/mol. The van der Waals surface area contributed by atoms with Crippen molar-refractivity contribution in [3.63, 3.8) is 0 Å². The van der Waals surface area contributed by atoms with Gasteiger partial charge < -0.3 is 19.3 Å². The number of amides is 1. The molecule has 1 amide bonds. The van der Waals surface area contributed by atoms with E-state index in [1.54, 1.807) is 14.2 Å². The predicted octanol–water partition coefficient (Wildman–Crippen LogP) is 4.53. The van der Waals surface area contributed by atoms with Gasteiger partial charge in [0.05, 0.1) is 25.3 Å². The fourth-order valence-corrected chi connectivity index (χ4v) is 3.81. The highest BCUT2D eigenvalue weighted by atomic mass is 16.5. The fraction of sp³-hybridized carbons (Fsp3) is 0.360.